The molecule has 0 fully saturated rings. The SMILES string of the molecule is Nc1c(O)cccc1C(=O)c1ccc(C(F)(F)F)cc1. The molecular formula is C14H10F3NO2. The number of phenols is 1. The predicted octanol–water partition coefficient (Wildman–Crippen LogP) is 3.22. The molecule has 3 N–H and O–H groups in total. The van der Waals surface area contributed by atoms with Crippen LogP contribution in [0, 0.1) is 0 Å². The van der Waals surface area contributed by atoms with Gasteiger partial charge in [-0.05, 0) is 24.3 Å². The summed E-state index contributed by atoms with van der Waals surface area (Å²) in [5.41, 5.74) is 4.75. The number of alkyl halides is 3. The van der Waals surface area contributed by atoms with Gasteiger partial charge in [-0.2, -0.15) is 13.2 Å². The van der Waals surface area contributed by atoms with Crippen LogP contribution in [0.5, 0.6) is 5.75 Å². The number of carbonyl (C=O) groups is 1. The van der Waals surface area contributed by atoms with Crippen LogP contribution in [0.25, 0.3) is 0 Å². The quantitative estimate of drug-likeness (QED) is 0.504. The molecule has 0 radical (unpaired) electrons. The largest absolute Gasteiger partial charge is 0.506 e. The van der Waals surface area contributed by atoms with Crippen LogP contribution in [0.2, 0.25) is 0 Å². The summed E-state index contributed by atoms with van der Waals surface area (Å²) >= 11 is 0. The summed E-state index contributed by atoms with van der Waals surface area (Å²) in [7, 11) is 0. The number of hydrogen-bond donors (Lipinski definition) is 2. The highest BCUT2D eigenvalue weighted by atomic mass is 19.4. The summed E-state index contributed by atoms with van der Waals surface area (Å²) in [5, 5.41) is 9.42. The number of carbonyl (C=O) groups excluding carboxylic acids is 1. The van der Waals surface area contributed by atoms with E-state index in [0.717, 1.165) is 24.3 Å². The molecule has 0 aromatic heterocycles. The van der Waals surface area contributed by atoms with E-state index in [9.17, 15) is 23.1 Å². The number of halogens is 3. The third-order valence-corrected chi connectivity index (χ3v) is 2.80. The number of anilines is 1. The van der Waals surface area contributed by atoms with Crippen molar-refractivity contribution in [1.29, 1.82) is 0 Å². The average molecular weight is 281 g/mol. The molecule has 0 saturated carbocycles. The Morgan fingerprint density at radius 2 is 1.65 bits per heavy atom. The number of para-hydroxylation sites is 1. The molecule has 0 heterocycles. The lowest BCUT2D eigenvalue weighted by Crippen LogP contribution is -2.08. The normalized spacial score (nSPS) is 11.3. The number of nitrogen functional groups attached to an aromatic ring is 1. The van der Waals surface area contributed by atoms with Gasteiger partial charge in [0.1, 0.15) is 5.75 Å². The number of aromatic hydroxyl groups is 1. The molecule has 0 aliphatic rings. The highest BCUT2D eigenvalue weighted by Crippen LogP contribution is 2.30. The minimum Gasteiger partial charge on any atom is -0.506 e. The van der Waals surface area contributed by atoms with Gasteiger partial charge in [0.15, 0.2) is 5.78 Å². The summed E-state index contributed by atoms with van der Waals surface area (Å²) in [4.78, 5) is 12.1. The Morgan fingerprint density at radius 1 is 1.05 bits per heavy atom. The number of benzene rings is 2. The van der Waals surface area contributed by atoms with Crippen molar-refractivity contribution in [2.75, 3.05) is 5.73 Å². The van der Waals surface area contributed by atoms with E-state index in [0.29, 0.717) is 0 Å². The molecule has 0 amide bonds. The van der Waals surface area contributed by atoms with Crippen molar-refractivity contribution < 1.29 is 23.1 Å². The topological polar surface area (TPSA) is 63.3 Å². The van der Waals surface area contributed by atoms with Gasteiger partial charge in [0, 0.05) is 11.1 Å². The second-order valence-corrected chi connectivity index (χ2v) is 4.14. The third kappa shape index (κ3) is 2.59. The zero-order valence-electron chi connectivity index (χ0n) is 10.1. The molecule has 0 spiro atoms. The van der Waals surface area contributed by atoms with Crippen LogP contribution < -0.4 is 5.73 Å². The highest BCUT2D eigenvalue weighted by Gasteiger charge is 2.30. The van der Waals surface area contributed by atoms with Gasteiger partial charge in [0.05, 0.1) is 11.3 Å². The zero-order valence-corrected chi connectivity index (χ0v) is 10.1. The summed E-state index contributed by atoms with van der Waals surface area (Å²) in [6, 6.07) is 7.96. The summed E-state index contributed by atoms with van der Waals surface area (Å²) in [6.07, 6.45) is -4.45. The van der Waals surface area contributed by atoms with E-state index in [4.69, 9.17) is 5.73 Å². The Bertz CT molecular complexity index is 648. The molecular weight excluding hydrogens is 271 g/mol. The lowest BCUT2D eigenvalue weighted by Gasteiger charge is -2.09. The van der Waals surface area contributed by atoms with Gasteiger partial charge in [-0.15, -0.1) is 0 Å². The van der Waals surface area contributed by atoms with E-state index in [2.05, 4.69) is 0 Å². The smallest absolute Gasteiger partial charge is 0.416 e. The number of hydrogen-bond acceptors (Lipinski definition) is 3. The first-order valence-electron chi connectivity index (χ1n) is 5.60. The van der Waals surface area contributed by atoms with Gasteiger partial charge in [-0.3, -0.25) is 4.79 Å². The van der Waals surface area contributed by atoms with Gasteiger partial charge in [-0.25, -0.2) is 0 Å². The zero-order chi connectivity index (χ0) is 14.9. The van der Waals surface area contributed by atoms with Gasteiger partial charge in [0.25, 0.3) is 0 Å². The van der Waals surface area contributed by atoms with Gasteiger partial charge < -0.3 is 10.8 Å². The lowest BCUT2D eigenvalue weighted by atomic mass is 10.0. The Hall–Kier alpha value is -2.50. The highest BCUT2D eigenvalue weighted by molar-refractivity contribution is 6.12. The van der Waals surface area contributed by atoms with Crippen molar-refractivity contribution in [2.24, 2.45) is 0 Å². The van der Waals surface area contributed by atoms with E-state index in [1.807, 2.05) is 0 Å². The van der Waals surface area contributed by atoms with Crippen LogP contribution >= 0.6 is 0 Å². The minimum atomic E-state index is -4.45. The van der Waals surface area contributed by atoms with Gasteiger partial charge in [0.2, 0.25) is 0 Å². The maximum atomic E-state index is 12.4. The fourth-order valence-corrected chi connectivity index (χ4v) is 1.72. The molecule has 20 heavy (non-hydrogen) atoms. The molecule has 0 unspecified atom stereocenters. The first-order chi connectivity index (χ1) is 9.30. The van der Waals surface area contributed by atoms with E-state index in [-0.39, 0.29) is 22.6 Å². The Kier molecular flexibility index (Phi) is 3.40. The van der Waals surface area contributed by atoms with Crippen molar-refractivity contribution in [3.8, 4) is 5.75 Å². The Morgan fingerprint density at radius 3 is 2.20 bits per heavy atom. The van der Waals surface area contributed by atoms with E-state index >= 15 is 0 Å². The molecule has 0 aliphatic heterocycles. The first kappa shape index (κ1) is 13.9. The Balaban J connectivity index is 2.37. The van der Waals surface area contributed by atoms with Crippen molar-refractivity contribution in [2.45, 2.75) is 6.18 Å². The van der Waals surface area contributed by atoms with E-state index < -0.39 is 17.5 Å². The van der Waals surface area contributed by atoms with Crippen LogP contribution in [0.15, 0.2) is 42.5 Å². The van der Waals surface area contributed by atoms with Crippen LogP contribution in [0.4, 0.5) is 18.9 Å². The Labute approximate surface area is 112 Å². The minimum absolute atomic E-state index is 0.0461. The lowest BCUT2D eigenvalue weighted by molar-refractivity contribution is -0.137. The maximum Gasteiger partial charge on any atom is 0.416 e. The van der Waals surface area contributed by atoms with Gasteiger partial charge in [-0.1, -0.05) is 18.2 Å². The molecule has 2 aromatic rings. The molecule has 2 rings (SSSR count). The molecule has 0 aliphatic carbocycles. The van der Waals surface area contributed by atoms with Crippen LogP contribution in [0.1, 0.15) is 21.5 Å². The van der Waals surface area contributed by atoms with E-state index in [1.54, 1.807) is 0 Å². The molecule has 104 valence electrons. The maximum absolute atomic E-state index is 12.4. The number of nitrogens with two attached hydrogens (primary N) is 1. The first-order valence-corrected chi connectivity index (χ1v) is 5.60. The summed E-state index contributed by atoms with van der Waals surface area (Å²) in [6.45, 7) is 0. The fraction of sp³-hybridized carbons (Fsp3) is 0.0714. The monoisotopic (exact) mass is 281 g/mol. The summed E-state index contributed by atoms with van der Waals surface area (Å²) in [5.74, 6) is -0.796. The molecule has 2 aromatic carbocycles. The molecule has 0 atom stereocenters. The van der Waals surface area contributed by atoms with Crippen LogP contribution in [-0.2, 0) is 6.18 Å². The van der Waals surface area contributed by atoms with Crippen LogP contribution in [0.3, 0.4) is 0 Å². The number of phenolic OH excluding ortho intramolecular Hbond substituents is 1. The second-order valence-electron chi connectivity index (χ2n) is 4.14. The molecule has 0 bridgehead atoms. The standard InChI is InChI=1S/C14H10F3NO2/c15-14(16,17)9-6-4-8(5-7-9)13(20)10-2-1-3-11(19)12(10)18/h1-7,19H,18H2. The number of ketones is 1. The second kappa shape index (κ2) is 4.88. The molecule has 6 heteroatoms. The predicted molar refractivity (Wildman–Crippen MR) is 67.4 cm³/mol. The van der Waals surface area contributed by atoms with Crippen LogP contribution in [-0.4, -0.2) is 10.9 Å². The number of rotatable bonds is 2. The fourth-order valence-electron chi connectivity index (χ4n) is 1.72. The van der Waals surface area contributed by atoms with Crippen molar-refractivity contribution in [1.82, 2.24) is 0 Å². The average Bonchev–Trinajstić information content (AvgIpc) is 2.40. The molecule has 0 saturated heterocycles. The van der Waals surface area contributed by atoms with Gasteiger partial charge >= 0.3 is 6.18 Å². The summed E-state index contributed by atoms with van der Waals surface area (Å²) < 4.78 is 37.3. The van der Waals surface area contributed by atoms with Crippen molar-refractivity contribution >= 4 is 11.5 Å². The third-order valence-electron chi connectivity index (χ3n) is 2.80. The molecule has 3 nitrogen and oxygen atoms in total. The van der Waals surface area contributed by atoms with Crippen molar-refractivity contribution in [3.05, 3.63) is 59.2 Å². The van der Waals surface area contributed by atoms with Crippen molar-refractivity contribution in [3.63, 3.8) is 0 Å². The van der Waals surface area contributed by atoms with E-state index in [1.165, 1.54) is 18.2 Å².